The first kappa shape index (κ1) is 28.6. The van der Waals surface area contributed by atoms with Crippen molar-refractivity contribution >= 4 is 35.0 Å². The Labute approximate surface area is 237 Å². The Morgan fingerprint density at radius 3 is 2.63 bits per heavy atom. The van der Waals surface area contributed by atoms with Gasteiger partial charge in [-0.3, -0.25) is 14.5 Å². The lowest BCUT2D eigenvalue weighted by molar-refractivity contribution is 0.0587. The van der Waals surface area contributed by atoms with Crippen LogP contribution in [0.15, 0.2) is 35.4 Å². The second-order valence-corrected chi connectivity index (χ2v) is 11.6. The third-order valence-corrected chi connectivity index (χ3v) is 7.28. The molecule has 0 radical (unpaired) electrons. The summed E-state index contributed by atoms with van der Waals surface area (Å²) in [4.78, 5) is 45.5. The van der Waals surface area contributed by atoms with Gasteiger partial charge in [-0.15, -0.1) is 0 Å². The molecule has 1 saturated carbocycles. The van der Waals surface area contributed by atoms with Crippen molar-refractivity contribution in [1.29, 1.82) is 0 Å². The molecule has 13 nitrogen and oxygen atoms in total. The number of hydrogen-bond acceptors (Lipinski definition) is 9. The highest BCUT2D eigenvalue weighted by molar-refractivity contribution is 6.00. The van der Waals surface area contributed by atoms with Crippen LogP contribution in [0.2, 0.25) is 0 Å². The number of hydrogen-bond donors (Lipinski definition) is 3. The fourth-order valence-corrected chi connectivity index (χ4v) is 5.15. The van der Waals surface area contributed by atoms with Gasteiger partial charge in [0.2, 0.25) is 0 Å². The minimum atomic E-state index is -0.829. The largest absolute Gasteiger partial charge is 0.443 e. The van der Waals surface area contributed by atoms with Crippen molar-refractivity contribution in [3.8, 4) is 0 Å². The average molecular weight is 568 g/mol. The molecule has 0 bridgehead atoms. The molecule has 1 saturated heterocycles. The van der Waals surface area contributed by atoms with E-state index >= 15 is 0 Å². The molecular weight excluding hydrogens is 530 g/mol. The van der Waals surface area contributed by atoms with Crippen LogP contribution in [0.25, 0.3) is 5.65 Å². The third-order valence-electron chi connectivity index (χ3n) is 7.28. The van der Waals surface area contributed by atoms with E-state index in [2.05, 4.69) is 20.7 Å². The number of aromatic nitrogens is 4. The van der Waals surface area contributed by atoms with Gasteiger partial charge in [0, 0.05) is 25.4 Å². The summed E-state index contributed by atoms with van der Waals surface area (Å²) in [5.41, 5.74) is -0.330. The van der Waals surface area contributed by atoms with E-state index in [0.29, 0.717) is 5.69 Å². The number of nitrogens with one attached hydrogen (secondary N) is 2. The van der Waals surface area contributed by atoms with Crippen LogP contribution in [-0.4, -0.2) is 74.3 Å². The number of pyridine rings is 1. The molecule has 1 unspecified atom stereocenters. The van der Waals surface area contributed by atoms with Crippen molar-refractivity contribution in [2.75, 3.05) is 30.5 Å². The molecule has 3 aromatic heterocycles. The second-order valence-electron chi connectivity index (χ2n) is 11.6. The zero-order valence-electron chi connectivity index (χ0n) is 23.8. The van der Waals surface area contributed by atoms with Crippen molar-refractivity contribution in [2.24, 2.45) is 0 Å². The van der Waals surface area contributed by atoms with E-state index in [1.165, 1.54) is 29.1 Å². The molecule has 13 heteroatoms. The summed E-state index contributed by atoms with van der Waals surface area (Å²) >= 11 is 0. The summed E-state index contributed by atoms with van der Waals surface area (Å²) < 4.78 is 13.9. The Bertz CT molecular complexity index is 1490. The summed E-state index contributed by atoms with van der Waals surface area (Å²) in [6, 6.07) is 4.62. The van der Waals surface area contributed by atoms with Crippen LogP contribution in [0.5, 0.6) is 0 Å². The van der Waals surface area contributed by atoms with E-state index in [9.17, 15) is 19.5 Å². The Balaban J connectivity index is 1.53. The molecule has 220 valence electrons. The predicted molar refractivity (Wildman–Crippen MR) is 152 cm³/mol. The van der Waals surface area contributed by atoms with Gasteiger partial charge in [-0.25, -0.2) is 9.78 Å². The summed E-state index contributed by atoms with van der Waals surface area (Å²) in [6.45, 7) is 5.60. The van der Waals surface area contributed by atoms with Gasteiger partial charge in [0.1, 0.15) is 28.5 Å². The monoisotopic (exact) mass is 567 g/mol. The number of amides is 2. The maximum absolute atomic E-state index is 13.4. The Morgan fingerprint density at radius 2 is 1.95 bits per heavy atom. The maximum atomic E-state index is 13.4. The SMILES string of the molecule is CN(C(=O)OC(C)(C)C)c1cc(Nc2cccn(C3CCCCC3)c2=O)nc2c(C(=O)N[C@H]3COCC3O)cnn12. The number of anilines is 3. The van der Waals surface area contributed by atoms with Crippen LogP contribution < -0.4 is 21.1 Å². The number of nitrogens with zero attached hydrogens (tertiary/aromatic N) is 5. The number of aliphatic hydroxyl groups excluding tert-OH is 1. The smallest absolute Gasteiger partial charge is 0.415 e. The molecule has 5 rings (SSSR count). The lowest BCUT2D eigenvalue weighted by Crippen LogP contribution is -2.42. The van der Waals surface area contributed by atoms with Gasteiger partial charge in [0.25, 0.3) is 11.5 Å². The third kappa shape index (κ3) is 6.20. The van der Waals surface area contributed by atoms with Gasteiger partial charge < -0.3 is 29.8 Å². The molecule has 2 atom stereocenters. The lowest BCUT2D eigenvalue weighted by atomic mass is 9.95. The number of rotatable bonds is 6. The number of carbonyl (C=O) groups excluding carboxylic acids is 2. The van der Waals surface area contributed by atoms with Crippen LogP contribution in [0, 0.1) is 0 Å². The molecular formula is C28H37N7O6. The van der Waals surface area contributed by atoms with Crippen LogP contribution in [0.1, 0.15) is 69.3 Å². The van der Waals surface area contributed by atoms with Crippen LogP contribution in [-0.2, 0) is 9.47 Å². The molecule has 1 aliphatic carbocycles. The minimum Gasteiger partial charge on any atom is -0.443 e. The number of fused-ring (bicyclic) bond motifs is 1. The van der Waals surface area contributed by atoms with Crippen molar-refractivity contribution in [2.45, 2.75) is 76.7 Å². The van der Waals surface area contributed by atoms with E-state index in [0.717, 1.165) is 25.7 Å². The first-order chi connectivity index (χ1) is 19.5. The Hall–Kier alpha value is -3.97. The zero-order chi connectivity index (χ0) is 29.3. The van der Waals surface area contributed by atoms with E-state index in [1.54, 1.807) is 37.5 Å². The predicted octanol–water partition coefficient (Wildman–Crippen LogP) is 3.00. The van der Waals surface area contributed by atoms with Crippen molar-refractivity contribution in [1.82, 2.24) is 24.5 Å². The summed E-state index contributed by atoms with van der Waals surface area (Å²) in [5, 5.41) is 20.3. The van der Waals surface area contributed by atoms with Crippen LogP contribution in [0.3, 0.4) is 0 Å². The van der Waals surface area contributed by atoms with Crippen LogP contribution in [0.4, 0.5) is 22.1 Å². The fraction of sp³-hybridized carbons (Fsp3) is 0.536. The highest BCUT2D eigenvalue weighted by Crippen LogP contribution is 2.28. The average Bonchev–Trinajstić information content (AvgIpc) is 3.54. The number of ether oxygens (including phenoxy) is 2. The van der Waals surface area contributed by atoms with Crippen molar-refractivity contribution in [3.05, 3.63) is 46.5 Å². The molecule has 3 aromatic rings. The topological polar surface area (TPSA) is 152 Å². The molecule has 2 fully saturated rings. The van der Waals surface area contributed by atoms with Gasteiger partial charge in [0.15, 0.2) is 5.65 Å². The molecule has 2 aliphatic rings. The first-order valence-corrected chi connectivity index (χ1v) is 13.9. The summed E-state index contributed by atoms with van der Waals surface area (Å²) in [6.07, 6.45) is 6.94. The number of aliphatic hydroxyl groups is 1. The standard InChI is InChI=1S/C28H37N7O6/c1-28(2,3)41-27(39)33(4)23-13-22(30-19-11-8-12-34(26(19)38)17-9-6-5-7-10-17)32-24-18(14-29-35(23)24)25(37)31-20-15-40-16-21(20)36/h8,11-14,17,20-21,36H,5-7,9-10,15-16H2,1-4H3,(H,30,32)(H,31,37)/t20-,21?/m0/s1. The lowest BCUT2D eigenvalue weighted by Gasteiger charge is -2.25. The van der Waals surface area contributed by atoms with E-state index in [1.807, 2.05) is 12.3 Å². The van der Waals surface area contributed by atoms with Gasteiger partial charge in [0.05, 0.1) is 31.6 Å². The van der Waals surface area contributed by atoms with Crippen molar-refractivity contribution < 1.29 is 24.2 Å². The molecule has 3 N–H and O–H groups in total. The van der Waals surface area contributed by atoms with Gasteiger partial charge in [-0.2, -0.15) is 9.61 Å². The Morgan fingerprint density at radius 1 is 1.20 bits per heavy atom. The molecule has 41 heavy (non-hydrogen) atoms. The molecule has 0 aromatic carbocycles. The number of carbonyl (C=O) groups is 2. The highest BCUT2D eigenvalue weighted by atomic mass is 16.6. The Kier molecular flexibility index (Phi) is 8.00. The molecule has 0 spiro atoms. The normalized spacial score (nSPS) is 19.7. The van der Waals surface area contributed by atoms with E-state index in [-0.39, 0.29) is 47.7 Å². The first-order valence-electron chi connectivity index (χ1n) is 13.9. The van der Waals surface area contributed by atoms with E-state index in [4.69, 9.17) is 9.47 Å². The fourth-order valence-electron chi connectivity index (χ4n) is 5.15. The molecule has 2 amide bonds. The zero-order valence-corrected chi connectivity index (χ0v) is 23.8. The molecule has 1 aliphatic heterocycles. The second kappa shape index (κ2) is 11.5. The van der Waals surface area contributed by atoms with Crippen LogP contribution >= 0.6 is 0 Å². The quantitative estimate of drug-likeness (QED) is 0.408. The van der Waals surface area contributed by atoms with Gasteiger partial charge >= 0.3 is 6.09 Å². The minimum absolute atomic E-state index is 0.124. The molecule has 4 heterocycles. The highest BCUT2D eigenvalue weighted by Gasteiger charge is 2.30. The summed E-state index contributed by atoms with van der Waals surface area (Å²) in [7, 11) is 1.53. The van der Waals surface area contributed by atoms with Gasteiger partial charge in [-0.05, 0) is 45.7 Å². The van der Waals surface area contributed by atoms with Crippen molar-refractivity contribution in [3.63, 3.8) is 0 Å². The maximum Gasteiger partial charge on any atom is 0.415 e. The van der Waals surface area contributed by atoms with E-state index < -0.39 is 29.7 Å². The van der Waals surface area contributed by atoms with Gasteiger partial charge in [-0.1, -0.05) is 19.3 Å². The summed E-state index contributed by atoms with van der Waals surface area (Å²) in [5.74, 6) is -0.0109.